The van der Waals surface area contributed by atoms with Gasteiger partial charge >= 0.3 is 5.97 Å². The highest BCUT2D eigenvalue weighted by Gasteiger charge is 2.51. The summed E-state index contributed by atoms with van der Waals surface area (Å²) in [6, 6.07) is 3.41. The Hall–Kier alpha value is -1.91. The van der Waals surface area contributed by atoms with Gasteiger partial charge in [-0.2, -0.15) is 0 Å². The van der Waals surface area contributed by atoms with Gasteiger partial charge in [0.1, 0.15) is 0 Å². The van der Waals surface area contributed by atoms with E-state index in [4.69, 9.17) is 0 Å². The molecule has 5 heteroatoms. The van der Waals surface area contributed by atoms with Crippen molar-refractivity contribution in [3.05, 3.63) is 29.6 Å². The maximum absolute atomic E-state index is 12.5. The molecular formula is C14H16N2O3. The summed E-state index contributed by atoms with van der Waals surface area (Å²) in [4.78, 5) is 29.6. The van der Waals surface area contributed by atoms with Crippen LogP contribution in [0.4, 0.5) is 0 Å². The molecule has 3 heterocycles. The molecule has 0 aromatic carbocycles. The smallest absolute Gasteiger partial charge is 0.308 e. The van der Waals surface area contributed by atoms with Crippen molar-refractivity contribution in [2.75, 3.05) is 0 Å². The summed E-state index contributed by atoms with van der Waals surface area (Å²) >= 11 is 0. The van der Waals surface area contributed by atoms with Gasteiger partial charge in [-0.15, -0.1) is 0 Å². The molecule has 1 N–H and O–H groups in total. The molecule has 2 fully saturated rings. The van der Waals surface area contributed by atoms with Gasteiger partial charge in [0.25, 0.3) is 5.91 Å². The normalized spacial score (nSPS) is 28.7. The average Bonchev–Trinajstić information content (AvgIpc) is 2.95. The molecule has 0 aliphatic carbocycles. The van der Waals surface area contributed by atoms with Crippen molar-refractivity contribution >= 4 is 11.9 Å². The lowest BCUT2D eigenvalue weighted by Crippen LogP contribution is -2.37. The zero-order chi connectivity index (χ0) is 13.6. The molecule has 0 radical (unpaired) electrons. The fraction of sp³-hybridized carbons (Fsp3) is 0.500. The Morgan fingerprint density at radius 1 is 1.42 bits per heavy atom. The highest BCUT2D eigenvalue weighted by molar-refractivity contribution is 5.95. The fourth-order valence-corrected chi connectivity index (χ4v) is 3.40. The van der Waals surface area contributed by atoms with Gasteiger partial charge < -0.3 is 10.0 Å². The van der Waals surface area contributed by atoms with Crippen LogP contribution >= 0.6 is 0 Å². The molecule has 5 nitrogen and oxygen atoms in total. The number of aliphatic carboxylic acids is 1. The van der Waals surface area contributed by atoms with Gasteiger partial charge in [-0.3, -0.25) is 14.6 Å². The Kier molecular flexibility index (Phi) is 2.77. The molecule has 2 saturated heterocycles. The number of aromatic nitrogens is 1. The van der Waals surface area contributed by atoms with E-state index in [1.807, 2.05) is 6.92 Å². The minimum Gasteiger partial charge on any atom is -0.481 e. The summed E-state index contributed by atoms with van der Waals surface area (Å²) in [5, 5.41) is 9.20. The highest BCUT2D eigenvalue weighted by atomic mass is 16.4. The second-order valence-corrected chi connectivity index (χ2v) is 5.38. The third kappa shape index (κ3) is 1.89. The molecule has 3 unspecified atom stereocenters. The van der Waals surface area contributed by atoms with E-state index in [0.717, 1.165) is 18.5 Å². The number of nitrogens with zero attached hydrogens (tertiary/aromatic N) is 2. The van der Waals surface area contributed by atoms with E-state index in [-0.39, 0.29) is 18.0 Å². The Labute approximate surface area is 111 Å². The van der Waals surface area contributed by atoms with Crippen LogP contribution in [0.5, 0.6) is 0 Å². The average molecular weight is 260 g/mol. The van der Waals surface area contributed by atoms with Gasteiger partial charge in [0, 0.05) is 29.5 Å². The van der Waals surface area contributed by atoms with Crippen molar-refractivity contribution < 1.29 is 14.7 Å². The van der Waals surface area contributed by atoms with Crippen molar-refractivity contribution in [3.63, 3.8) is 0 Å². The third-order valence-electron chi connectivity index (χ3n) is 4.23. The van der Waals surface area contributed by atoms with Crippen molar-refractivity contribution in [1.82, 2.24) is 9.88 Å². The number of carboxylic acids is 1. The monoisotopic (exact) mass is 260 g/mol. The number of aryl methyl sites for hydroxylation is 1. The Bertz CT molecular complexity index is 543. The molecule has 1 aromatic rings. The lowest BCUT2D eigenvalue weighted by Gasteiger charge is -2.23. The largest absolute Gasteiger partial charge is 0.481 e. The number of carbonyl (C=O) groups is 2. The van der Waals surface area contributed by atoms with Crippen molar-refractivity contribution in [2.45, 2.75) is 38.3 Å². The van der Waals surface area contributed by atoms with Crippen LogP contribution in [0.15, 0.2) is 18.3 Å². The predicted molar refractivity (Wildman–Crippen MR) is 67.7 cm³/mol. The quantitative estimate of drug-likeness (QED) is 0.874. The first kappa shape index (κ1) is 12.1. The summed E-state index contributed by atoms with van der Waals surface area (Å²) in [5.41, 5.74) is 1.41. The van der Waals surface area contributed by atoms with Crippen LogP contribution in [-0.2, 0) is 4.79 Å². The van der Waals surface area contributed by atoms with E-state index in [0.29, 0.717) is 12.0 Å². The molecule has 2 aliphatic rings. The van der Waals surface area contributed by atoms with Gasteiger partial charge in [-0.05, 0) is 38.3 Å². The fourth-order valence-electron chi connectivity index (χ4n) is 3.40. The molecule has 2 bridgehead atoms. The molecule has 0 saturated carbocycles. The van der Waals surface area contributed by atoms with Gasteiger partial charge in [0.15, 0.2) is 0 Å². The van der Waals surface area contributed by atoms with Crippen LogP contribution in [0.1, 0.15) is 35.3 Å². The zero-order valence-corrected chi connectivity index (χ0v) is 10.7. The number of hydrogen-bond acceptors (Lipinski definition) is 3. The molecule has 3 rings (SSSR count). The summed E-state index contributed by atoms with van der Waals surface area (Å²) in [5.74, 6) is -1.23. The number of rotatable bonds is 2. The number of fused-ring (bicyclic) bond motifs is 2. The van der Waals surface area contributed by atoms with Crippen LogP contribution in [0.2, 0.25) is 0 Å². The molecule has 1 amide bonds. The van der Waals surface area contributed by atoms with Crippen LogP contribution in [0.25, 0.3) is 0 Å². The minimum atomic E-state index is -0.782. The maximum atomic E-state index is 12.5. The standard InChI is InChI=1S/C14H16N2O3/c1-8-6-9(4-5-15-8)13(17)16-10-2-3-12(16)11(7-10)14(18)19/h4-6,10-12H,2-3,7H2,1H3,(H,18,19). The lowest BCUT2D eigenvalue weighted by molar-refractivity contribution is -0.142. The lowest BCUT2D eigenvalue weighted by atomic mass is 9.89. The number of amides is 1. The van der Waals surface area contributed by atoms with E-state index >= 15 is 0 Å². The van der Waals surface area contributed by atoms with Crippen LogP contribution < -0.4 is 0 Å². The summed E-state index contributed by atoms with van der Waals surface area (Å²) in [6.45, 7) is 1.84. The third-order valence-corrected chi connectivity index (χ3v) is 4.23. The maximum Gasteiger partial charge on any atom is 0.308 e. The van der Waals surface area contributed by atoms with Crippen LogP contribution in [0.3, 0.4) is 0 Å². The van der Waals surface area contributed by atoms with Crippen molar-refractivity contribution in [3.8, 4) is 0 Å². The van der Waals surface area contributed by atoms with Crippen LogP contribution in [-0.4, -0.2) is 39.0 Å². The molecule has 0 spiro atoms. The SMILES string of the molecule is Cc1cc(C(=O)N2C3CCC2C(C(=O)O)C3)ccn1. The Balaban J connectivity index is 1.87. The number of pyridine rings is 1. The van der Waals surface area contributed by atoms with E-state index < -0.39 is 11.9 Å². The van der Waals surface area contributed by atoms with Gasteiger partial charge in [-0.1, -0.05) is 0 Å². The molecule has 1 aromatic heterocycles. The number of carboxylic acid groups (broad SMARTS) is 1. The van der Waals surface area contributed by atoms with E-state index in [9.17, 15) is 14.7 Å². The van der Waals surface area contributed by atoms with Gasteiger partial charge in [-0.25, -0.2) is 0 Å². The predicted octanol–water partition coefficient (Wildman–Crippen LogP) is 1.47. The molecule has 100 valence electrons. The molecule has 3 atom stereocenters. The van der Waals surface area contributed by atoms with Gasteiger partial charge in [0.05, 0.1) is 5.92 Å². The summed E-state index contributed by atoms with van der Waals surface area (Å²) in [7, 11) is 0. The Morgan fingerprint density at radius 2 is 2.21 bits per heavy atom. The number of hydrogen-bond donors (Lipinski definition) is 1. The second kappa shape index (κ2) is 4.33. The van der Waals surface area contributed by atoms with Crippen molar-refractivity contribution in [2.24, 2.45) is 5.92 Å². The minimum absolute atomic E-state index is 0.0539. The summed E-state index contributed by atoms with van der Waals surface area (Å²) < 4.78 is 0. The van der Waals surface area contributed by atoms with E-state index in [1.54, 1.807) is 23.2 Å². The topological polar surface area (TPSA) is 70.5 Å². The molecule has 2 aliphatic heterocycles. The first-order valence-corrected chi connectivity index (χ1v) is 6.56. The van der Waals surface area contributed by atoms with Crippen LogP contribution in [0, 0.1) is 12.8 Å². The second-order valence-electron chi connectivity index (χ2n) is 5.38. The highest BCUT2D eigenvalue weighted by Crippen LogP contribution is 2.42. The number of carbonyl (C=O) groups excluding carboxylic acids is 1. The van der Waals surface area contributed by atoms with E-state index in [1.165, 1.54) is 0 Å². The Morgan fingerprint density at radius 3 is 2.84 bits per heavy atom. The molecular weight excluding hydrogens is 244 g/mol. The van der Waals surface area contributed by atoms with Gasteiger partial charge in [0.2, 0.25) is 0 Å². The summed E-state index contributed by atoms with van der Waals surface area (Å²) in [6.07, 6.45) is 3.94. The zero-order valence-electron chi connectivity index (χ0n) is 10.7. The first-order chi connectivity index (χ1) is 9.08. The first-order valence-electron chi connectivity index (χ1n) is 6.56. The molecule has 19 heavy (non-hydrogen) atoms. The van der Waals surface area contributed by atoms with Crippen molar-refractivity contribution in [1.29, 1.82) is 0 Å². The van der Waals surface area contributed by atoms with E-state index in [2.05, 4.69) is 4.98 Å².